The number of carboxylic acids is 1. The van der Waals surface area contributed by atoms with Crippen LogP contribution in [0.15, 0.2) is 97.1 Å². The molecule has 0 fully saturated rings. The molecule has 0 unspecified atom stereocenters. The molecule has 49 heavy (non-hydrogen) atoms. The summed E-state index contributed by atoms with van der Waals surface area (Å²) in [6, 6.07) is 26.6. The van der Waals surface area contributed by atoms with Crippen molar-refractivity contribution in [1.29, 1.82) is 0 Å². The van der Waals surface area contributed by atoms with Gasteiger partial charge in [0.15, 0.2) is 5.78 Å². The molecule has 0 aliphatic carbocycles. The van der Waals surface area contributed by atoms with Gasteiger partial charge in [0, 0.05) is 23.4 Å². The molecule has 0 spiro atoms. The van der Waals surface area contributed by atoms with Crippen LogP contribution in [0.4, 0.5) is 5.69 Å². The van der Waals surface area contributed by atoms with Crippen molar-refractivity contribution >= 4 is 29.3 Å². The second-order valence-corrected chi connectivity index (χ2v) is 11.5. The molecule has 0 aliphatic rings. The van der Waals surface area contributed by atoms with E-state index in [1.807, 2.05) is 0 Å². The molecule has 1 amide bonds. The maximum Gasteiger partial charge on any atom is 0.343 e. The summed E-state index contributed by atoms with van der Waals surface area (Å²) in [7, 11) is 1.56. The first-order valence-electron chi connectivity index (χ1n) is 16.3. The van der Waals surface area contributed by atoms with Gasteiger partial charge in [-0.1, -0.05) is 44.7 Å². The molecule has 0 saturated heterocycles. The van der Waals surface area contributed by atoms with E-state index in [9.17, 15) is 24.3 Å². The highest BCUT2D eigenvalue weighted by Gasteiger charge is 2.20. The van der Waals surface area contributed by atoms with Gasteiger partial charge < -0.3 is 29.5 Å². The second-order valence-electron chi connectivity index (χ2n) is 11.5. The number of carbonyl (C=O) groups excluding carboxylic acids is 3. The van der Waals surface area contributed by atoms with Crippen LogP contribution in [0.1, 0.15) is 75.7 Å². The van der Waals surface area contributed by atoms with E-state index in [1.54, 1.807) is 104 Å². The zero-order chi connectivity index (χ0) is 35.0. The lowest BCUT2D eigenvalue weighted by Gasteiger charge is -2.21. The molecule has 4 rings (SSSR count). The van der Waals surface area contributed by atoms with Gasteiger partial charge in [0.2, 0.25) is 0 Å². The first-order chi connectivity index (χ1) is 23.7. The molecule has 4 aromatic rings. The van der Waals surface area contributed by atoms with Crippen molar-refractivity contribution in [2.45, 2.75) is 45.6 Å². The molecule has 0 bridgehead atoms. The lowest BCUT2D eigenvalue weighted by atomic mass is 10.1. The van der Waals surface area contributed by atoms with Gasteiger partial charge in [-0.05, 0) is 96.9 Å². The van der Waals surface area contributed by atoms with Crippen molar-refractivity contribution in [2.75, 3.05) is 32.1 Å². The minimum absolute atomic E-state index is 0.0236. The first-order valence-corrected chi connectivity index (χ1v) is 16.3. The van der Waals surface area contributed by atoms with Crippen LogP contribution in [0.5, 0.6) is 17.2 Å². The van der Waals surface area contributed by atoms with E-state index in [4.69, 9.17) is 14.2 Å². The van der Waals surface area contributed by atoms with Crippen LogP contribution in [0.25, 0.3) is 0 Å². The fraction of sp³-hybridized carbons (Fsp3) is 0.282. The second kappa shape index (κ2) is 18.6. The van der Waals surface area contributed by atoms with E-state index < -0.39 is 24.4 Å². The fourth-order valence-electron chi connectivity index (χ4n) is 4.97. The SMILES string of the molecule is CCCCCCCOc1ccc(C(=O)Oc2ccc(CN(CC(=O)O)C(=O)c3ccc(NCC(=O)c4ccc(OC)cc4)cc3)cc2)cc1. The predicted octanol–water partition coefficient (Wildman–Crippen LogP) is 7.29. The maximum absolute atomic E-state index is 13.3. The van der Waals surface area contributed by atoms with E-state index in [0.29, 0.717) is 51.8 Å². The van der Waals surface area contributed by atoms with E-state index in [2.05, 4.69) is 12.2 Å². The van der Waals surface area contributed by atoms with Gasteiger partial charge in [0.05, 0.1) is 25.8 Å². The minimum Gasteiger partial charge on any atom is -0.497 e. The number of benzene rings is 4. The molecule has 4 aromatic carbocycles. The van der Waals surface area contributed by atoms with Gasteiger partial charge in [-0.25, -0.2) is 4.79 Å². The third-order valence-electron chi connectivity index (χ3n) is 7.72. The zero-order valence-electron chi connectivity index (χ0n) is 27.9. The Labute approximate surface area is 286 Å². The summed E-state index contributed by atoms with van der Waals surface area (Å²) in [4.78, 5) is 51.3. The minimum atomic E-state index is -1.15. The standard InChI is InChI=1S/C39H42N2O8/c1-3-4-5-6-7-24-48-34-22-14-31(15-23-34)39(46)49-35-18-8-28(9-19-35)26-41(27-37(43)44)38(45)30-10-16-32(17-11-30)40-25-36(42)29-12-20-33(47-2)21-13-29/h8-23,40H,3-7,24-27H2,1-2H3,(H,43,44). The van der Waals surface area contributed by atoms with Crippen LogP contribution in [0.2, 0.25) is 0 Å². The van der Waals surface area contributed by atoms with Crippen molar-refractivity contribution in [3.8, 4) is 17.2 Å². The van der Waals surface area contributed by atoms with Crippen molar-refractivity contribution in [3.63, 3.8) is 0 Å². The molecule has 2 N–H and O–H groups in total. The number of Topliss-reactive ketones (excluding diaryl/α,β-unsaturated/α-hetero) is 1. The number of nitrogens with zero attached hydrogens (tertiary/aromatic N) is 1. The van der Waals surface area contributed by atoms with Crippen LogP contribution in [-0.4, -0.2) is 60.4 Å². The van der Waals surface area contributed by atoms with Crippen LogP contribution < -0.4 is 19.5 Å². The number of carbonyl (C=O) groups is 4. The molecular weight excluding hydrogens is 624 g/mol. The Morgan fingerprint density at radius 3 is 1.92 bits per heavy atom. The Hall–Kier alpha value is -5.64. The molecule has 0 atom stereocenters. The van der Waals surface area contributed by atoms with Gasteiger partial charge in [-0.15, -0.1) is 0 Å². The van der Waals surface area contributed by atoms with E-state index in [1.165, 1.54) is 24.2 Å². The Morgan fingerprint density at radius 2 is 1.29 bits per heavy atom. The molecule has 0 aromatic heterocycles. The van der Waals surface area contributed by atoms with E-state index in [-0.39, 0.29) is 18.9 Å². The zero-order valence-corrected chi connectivity index (χ0v) is 27.9. The number of nitrogens with one attached hydrogen (secondary N) is 1. The number of amides is 1. The molecule has 0 radical (unpaired) electrons. The van der Waals surface area contributed by atoms with Crippen LogP contribution in [0, 0.1) is 0 Å². The van der Waals surface area contributed by atoms with Crippen molar-refractivity contribution in [3.05, 3.63) is 119 Å². The van der Waals surface area contributed by atoms with Crippen molar-refractivity contribution < 1.29 is 38.5 Å². The number of methoxy groups -OCH3 is 1. The summed E-state index contributed by atoms with van der Waals surface area (Å²) < 4.78 is 16.4. The number of rotatable bonds is 19. The number of ether oxygens (including phenoxy) is 3. The monoisotopic (exact) mass is 666 g/mol. The Balaban J connectivity index is 1.29. The van der Waals surface area contributed by atoms with Crippen LogP contribution >= 0.6 is 0 Å². The average molecular weight is 667 g/mol. The van der Waals surface area contributed by atoms with Crippen molar-refractivity contribution in [2.24, 2.45) is 0 Å². The van der Waals surface area contributed by atoms with Gasteiger partial charge in [0.1, 0.15) is 23.8 Å². The fourth-order valence-corrected chi connectivity index (χ4v) is 4.97. The number of unbranched alkanes of at least 4 members (excludes halogenated alkanes) is 4. The highest BCUT2D eigenvalue weighted by molar-refractivity contribution is 5.99. The summed E-state index contributed by atoms with van der Waals surface area (Å²) in [5, 5.41) is 12.5. The highest BCUT2D eigenvalue weighted by atomic mass is 16.5. The Kier molecular flexibility index (Phi) is 13.8. The summed E-state index contributed by atoms with van der Waals surface area (Å²) in [5.41, 5.74) is 2.49. The number of ketones is 1. The van der Waals surface area contributed by atoms with Crippen molar-refractivity contribution in [1.82, 2.24) is 4.90 Å². The number of esters is 1. The summed E-state index contributed by atoms with van der Waals surface area (Å²) in [6.07, 6.45) is 5.76. The summed E-state index contributed by atoms with van der Waals surface area (Å²) in [6.45, 7) is 2.38. The number of anilines is 1. The van der Waals surface area contributed by atoms with Gasteiger partial charge in [-0.2, -0.15) is 0 Å². The average Bonchev–Trinajstić information content (AvgIpc) is 3.12. The lowest BCUT2D eigenvalue weighted by molar-refractivity contribution is -0.137. The number of carboxylic acid groups (broad SMARTS) is 1. The lowest BCUT2D eigenvalue weighted by Crippen LogP contribution is -2.35. The van der Waals surface area contributed by atoms with Gasteiger partial charge in [-0.3, -0.25) is 14.4 Å². The normalized spacial score (nSPS) is 10.6. The van der Waals surface area contributed by atoms with Crippen LogP contribution in [0.3, 0.4) is 0 Å². The Bertz CT molecular complexity index is 1670. The molecule has 256 valence electrons. The predicted molar refractivity (Wildman–Crippen MR) is 187 cm³/mol. The largest absolute Gasteiger partial charge is 0.497 e. The number of aliphatic carboxylic acids is 1. The molecule has 10 nitrogen and oxygen atoms in total. The number of hydrogen-bond donors (Lipinski definition) is 2. The number of hydrogen-bond acceptors (Lipinski definition) is 8. The molecule has 0 aliphatic heterocycles. The third-order valence-corrected chi connectivity index (χ3v) is 7.72. The summed E-state index contributed by atoms with van der Waals surface area (Å²) >= 11 is 0. The molecular formula is C39H42N2O8. The third kappa shape index (κ3) is 11.5. The summed E-state index contributed by atoms with van der Waals surface area (Å²) in [5.74, 6) is -0.594. The molecule has 0 saturated carbocycles. The van der Waals surface area contributed by atoms with E-state index in [0.717, 1.165) is 12.8 Å². The molecule has 10 heteroatoms. The maximum atomic E-state index is 13.3. The van der Waals surface area contributed by atoms with Gasteiger partial charge >= 0.3 is 11.9 Å². The quantitative estimate of drug-likeness (QED) is 0.0459. The topological polar surface area (TPSA) is 131 Å². The van der Waals surface area contributed by atoms with Gasteiger partial charge in [0.25, 0.3) is 5.91 Å². The van der Waals surface area contributed by atoms with Crippen LogP contribution in [-0.2, 0) is 11.3 Å². The van der Waals surface area contributed by atoms with E-state index >= 15 is 0 Å². The smallest absolute Gasteiger partial charge is 0.343 e. The first kappa shape index (κ1) is 36.2. The highest BCUT2D eigenvalue weighted by Crippen LogP contribution is 2.20. The Morgan fingerprint density at radius 1 is 0.694 bits per heavy atom. The molecule has 0 heterocycles.